The molecule has 26 heavy (non-hydrogen) atoms. The maximum atomic E-state index is 12.3. The highest BCUT2D eigenvalue weighted by Gasteiger charge is 2.26. The number of aromatic nitrogens is 2. The van der Waals surface area contributed by atoms with Crippen molar-refractivity contribution in [3.63, 3.8) is 0 Å². The normalized spacial score (nSPS) is 17.6. The van der Waals surface area contributed by atoms with E-state index in [1.807, 2.05) is 42.6 Å². The van der Waals surface area contributed by atoms with Gasteiger partial charge in [-0.05, 0) is 44.3 Å². The molecule has 1 aliphatic heterocycles. The van der Waals surface area contributed by atoms with Crippen LogP contribution in [-0.4, -0.2) is 32.5 Å². The largest absolute Gasteiger partial charge is 0.388 e. The van der Waals surface area contributed by atoms with Crippen molar-refractivity contribution in [3.8, 4) is 0 Å². The number of aliphatic hydroxyl groups excluding tert-OH is 1. The SMILES string of the molecule is Cc1csc2nc(CN3CCC([C@H](O)c4ccccc4)CC3)cc(=O)n12. The maximum absolute atomic E-state index is 12.3. The lowest BCUT2D eigenvalue weighted by Gasteiger charge is -2.34. The Kier molecular flexibility index (Phi) is 4.89. The third-order valence-electron chi connectivity index (χ3n) is 5.23. The number of fused-ring (bicyclic) bond motifs is 1. The summed E-state index contributed by atoms with van der Waals surface area (Å²) in [5, 5.41) is 12.6. The Morgan fingerprint density at radius 1 is 1.27 bits per heavy atom. The minimum absolute atomic E-state index is 0.00173. The van der Waals surface area contributed by atoms with Gasteiger partial charge in [0, 0.05) is 23.7 Å². The van der Waals surface area contributed by atoms with E-state index in [-0.39, 0.29) is 11.5 Å². The molecule has 3 aromatic rings. The number of likely N-dealkylation sites (tertiary alicyclic amines) is 1. The van der Waals surface area contributed by atoms with Crippen molar-refractivity contribution < 1.29 is 5.11 Å². The highest BCUT2D eigenvalue weighted by Crippen LogP contribution is 2.30. The van der Waals surface area contributed by atoms with Crippen LogP contribution in [0.3, 0.4) is 0 Å². The Morgan fingerprint density at radius 3 is 2.73 bits per heavy atom. The minimum atomic E-state index is -0.397. The van der Waals surface area contributed by atoms with Gasteiger partial charge in [0.15, 0.2) is 4.96 Å². The van der Waals surface area contributed by atoms with E-state index in [9.17, 15) is 9.90 Å². The van der Waals surface area contributed by atoms with E-state index in [2.05, 4.69) is 9.88 Å². The summed E-state index contributed by atoms with van der Waals surface area (Å²) in [7, 11) is 0. The molecule has 1 atom stereocenters. The number of aliphatic hydroxyl groups is 1. The van der Waals surface area contributed by atoms with Gasteiger partial charge < -0.3 is 5.11 Å². The van der Waals surface area contributed by atoms with Crippen LogP contribution in [0.15, 0.2) is 46.6 Å². The molecule has 0 saturated carbocycles. The van der Waals surface area contributed by atoms with E-state index in [0.717, 1.165) is 47.8 Å². The molecule has 0 radical (unpaired) electrons. The number of benzene rings is 1. The van der Waals surface area contributed by atoms with Crippen molar-refractivity contribution in [2.75, 3.05) is 13.1 Å². The second-order valence-corrected chi connectivity index (χ2v) is 7.89. The smallest absolute Gasteiger partial charge is 0.259 e. The standard InChI is InChI=1S/C20H23N3O2S/c1-14-13-26-20-21-17(11-18(24)23(14)20)12-22-9-7-16(8-10-22)19(25)15-5-3-2-4-6-15/h2-6,11,13,16,19,25H,7-10,12H2,1H3/t19-/m1/s1. The van der Waals surface area contributed by atoms with Gasteiger partial charge in [0.05, 0.1) is 11.8 Å². The molecule has 1 saturated heterocycles. The first-order chi connectivity index (χ1) is 12.6. The number of thiazole rings is 1. The summed E-state index contributed by atoms with van der Waals surface area (Å²) in [5.41, 5.74) is 2.76. The summed E-state index contributed by atoms with van der Waals surface area (Å²) < 4.78 is 1.66. The zero-order chi connectivity index (χ0) is 18.1. The molecule has 3 heterocycles. The van der Waals surface area contributed by atoms with E-state index < -0.39 is 6.10 Å². The first-order valence-corrected chi connectivity index (χ1v) is 9.92. The average Bonchev–Trinajstić information content (AvgIpc) is 3.04. The van der Waals surface area contributed by atoms with Crippen LogP contribution >= 0.6 is 11.3 Å². The zero-order valence-electron chi connectivity index (χ0n) is 14.8. The third-order valence-corrected chi connectivity index (χ3v) is 6.18. The number of hydrogen-bond donors (Lipinski definition) is 1. The number of nitrogens with zero attached hydrogens (tertiary/aromatic N) is 3. The summed E-state index contributed by atoms with van der Waals surface area (Å²) in [6.07, 6.45) is 1.51. The number of aryl methyl sites for hydroxylation is 1. The quantitative estimate of drug-likeness (QED) is 0.768. The Bertz CT molecular complexity index is 943. The fourth-order valence-electron chi connectivity index (χ4n) is 3.76. The van der Waals surface area contributed by atoms with E-state index in [0.29, 0.717) is 6.54 Å². The van der Waals surface area contributed by atoms with Gasteiger partial charge >= 0.3 is 0 Å². The predicted octanol–water partition coefficient (Wildman–Crippen LogP) is 3.01. The first-order valence-electron chi connectivity index (χ1n) is 9.04. The predicted molar refractivity (Wildman–Crippen MR) is 103 cm³/mol. The molecule has 0 aliphatic carbocycles. The lowest BCUT2D eigenvalue weighted by molar-refractivity contribution is 0.0564. The zero-order valence-corrected chi connectivity index (χ0v) is 15.7. The van der Waals surface area contributed by atoms with Crippen molar-refractivity contribution in [2.24, 2.45) is 5.92 Å². The van der Waals surface area contributed by atoms with Gasteiger partial charge in [-0.3, -0.25) is 14.1 Å². The average molecular weight is 369 g/mol. The van der Waals surface area contributed by atoms with Crippen molar-refractivity contribution in [1.29, 1.82) is 0 Å². The van der Waals surface area contributed by atoms with Gasteiger partial charge in [-0.15, -0.1) is 11.3 Å². The lowest BCUT2D eigenvalue weighted by atomic mass is 9.87. The minimum Gasteiger partial charge on any atom is -0.388 e. The number of hydrogen-bond acceptors (Lipinski definition) is 5. The fraction of sp³-hybridized carbons (Fsp3) is 0.400. The molecule has 5 nitrogen and oxygen atoms in total. The van der Waals surface area contributed by atoms with Crippen LogP contribution in [0.4, 0.5) is 0 Å². The highest BCUT2D eigenvalue weighted by molar-refractivity contribution is 7.15. The van der Waals surface area contributed by atoms with Gasteiger partial charge in [0.2, 0.25) is 0 Å². The maximum Gasteiger partial charge on any atom is 0.259 e. The second kappa shape index (κ2) is 7.31. The van der Waals surface area contributed by atoms with E-state index >= 15 is 0 Å². The molecular formula is C20H23N3O2S. The van der Waals surface area contributed by atoms with Crippen molar-refractivity contribution >= 4 is 16.3 Å². The molecule has 1 fully saturated rings. The summed E-state index contributed by atoms with van der Waals surface area (Å²) >= 11 is 1.51. The molecule has 0 bridgehead atoms. The highest BCUT2D eigenvalue weighted by atomic mass is 32.1. The summed E-state index contributed by atoms with van der Waals surface area (Å²) in [6, 6.07) is 11.6. The van der Waals surface area contributed by atoms with E-state index in [4.69, 9.17) is 0 Å². The molecular weight excluding hydrogens is 346 g/mol. The molecule has 2 aromatic heterocycles. The topological polar surface area (TPSA) is 57.8 Å². The molecule has 4 rings (SSSR count). The second-order valence-electron chi connectivity index (χ2n) is 7.05. The Balaban J connectivity index is 1.40. The summed E-state index contributed by atoms with van der Waals surface area (Å²) in [5.74, 6) is 0.287. The third kappa shape index (κ3) is 3.45. The fourth-order valence-corrected chi connectivity index (χ4v) is 4.65. The molecule has 1 aromatic carbocycles. The van der Waals surface area contributed by atoms with Crippen molar-refractivity contribution in [2.45, 2.75) is 32.4 Å². The Morgan fingerprint density at radius 2 is 2.00 bits per heavy atom. The van der Waals surface area contributed by atoms with Crippen LogP contribution in [0.25, 0.3) is 4.96 Å². The van der Waals surface area contributed by atoms with Gasteiger partial charge in [0.25, 0.3) is 5.56 Å². The van der Waals surface area contributed by atoms with E-state index in [1.54, 1.807) is 10.5 Å². The van der Waals surface area contributed by atoms with Gasteiger partial charge in [0.1, 0.15) is 0 Å². The number of piperidine rings is 1. The Hall–Kier alpha value is -2.02. The monoisotopic (exact) mass is 369 g/mol. The Labute approximate surface area is 156 Å². The van der Waals surface area contributed by atoms with Crippen LogP contribution < -0.4 is 5.56 Å². The van der Waals surface area contributed by atoms with Crippen LogP contribution in [0, 0.1) is 12.8 Å². The van der Waals surface area contributed by atoms with Crippen LogP contribution in [0.2, 0.25) is 0 Å². The molecule has 0 unspecified atom stereocenters. The van der Waals surface area contributed by atoms with Crippen LogP contribution in [0.5, 0.6) is 0 Å². The molecule has 0 amide bonds. The molecule has 136 valence electrons. The van der Waals surface area contributed by atoms with Gasteiger partial charge in [-0.2, -0.15) is 0 Å². The van der Waals surface area contributed by atoms with Crippen LogP contribution in [0.1, 0.15) is 35.9 Å². The van der Waals surface area contributed by atoms with Crippen LogP contribution in [-0.2, 0) is 6.54 Å². The molecule has 6 heteroatoms. The first kappa shape index (κ1) is 17.4. The molecule has 1 N–H and O–H groups in total. The van der Waals surface area contributed by atoms with E-state index in [1.165, 1.54) is 11.3 Å². The van der Waals surface area contributed by atoms with Crippen molar-refractivity contribution in [3.05, 3.63) is 69.1 Å². The van der Waals surface area contributed by atoms with Gasteiger partial charge in [-0.1, -0.05) is 30.3 Å². The summed E-state index contributed by atoms with van der Waals surface area (Å²) in [6.45, 7) is 4.45. The summed E-state index contributed by atoms with van der Waals surface area (Å²) in [4.78, 5) is 20.0. The molecule has 0 spiro atoms. The van der Waals surface area contributed by atoms with Gasteiger partial charge in [-0.25, -0.2) is 4.98 Å². The molecule has 1 aliphatic rings. The lowest BCUT2D eigenvalue weighted by Crippen LogP contribution is -2.35. The van der Waals surface area contributed by atoms with Crippen molar-refractivity contribution in [1.82, 2.24) is 14.3 Å². The number of rotatable bonds is 4.